The lowest BCUT2D eigenvalue weighted by Gasteiger charge is -2.34. The summed E-state index contributed by atoms with van der Waals surface area (Å²) in [6.07, 6.45) is 0.480. The predicted molar refractivity (Wildman–Crippen MR) is 66.6 cm³/mol. The van der Waals surface area contributed by atoms with Crippen molar-refractivity contribution in [1.82, 2.24) is 5.06 Å². The SMILES string of the molecule is CC[C@]1(C)N([O-])C(C)=C(c2ccccc2)[N+]1=O. The molecule has 0 aromatic heterocycles. The van der Waals surface area contributed by atoms with Crippen molar-refractivity contribution >= 4 is 5.70 Å². The second-order valence-corrected chi connectivity index (χ2v) is 4.46. The van der Waals surface area contributed by atoms with E-state index in [0.717, 1.165) is 15.4 Å². The van der Waals surface area contributed by atoms with Gasteiger partial charge in [-0.15, -0.1) is 0 Å². The number of nitroso groups, excluding NO2 is 1. The maximum atomic E-state index is 12.3. The van der Waals surface area contributed by atoms with Gasteiger partial charge in [0.25, 0.3) is 11.4 Å². The monoisotopic (exact) mass is 232 g/mol. The molecule has 1 aromatic rings. The van der Waals surface area contributed by atoms with Crippen molar-refractivity contribution < 1.29 is 4.76 Å². The van der Waals surface area contributed by atoms with Crippen LogP contribution in [0, 0.1) is 10.1 Å². The van der Waals surface area contributed by atoms with Crippen LogP contribution in [-0.4, -0.2) is 15.5 Å². The molecule has 1 aliphatic rings. The van der Waals surface area contributed by atoms with E-state index in [0.29, 0.717) is 17.8 Å². The fourth-order valence-corrected chi connectivity index (χ4v) is 2.14. The molecule has 17 heavy (non-hydrogen) atoms. The zero-order chi connectivity index (χ0) is 12.6. The normalized spacial score (nSPS) is 24.7. The summed E-state index contributed by atoms with van der Waals surface area (Å²) in [5.74, 6) is 0. The molecule has 0 bridgehead atoms. The van der Waals surface area contributed by atoms with Crippen LogP contribution in [0.1, 0.15) is 32.8 Å². The summed E-state index contributed by atoms with van der Waals surface area (Å²) in [6.45, 7) is 5.21. The summed E-state index contributed by atoms with van der Waals surface area (Å²) in [6, 6.07) is 9.30. The topological polar surface area (TPSA) is 46.4 Å². The van der Waals surface area contributed by atoms with Crippen LogP contribution in [0.15, 0.2) is 36.0 Å². The van der Waals surface area contributed by atoms with E-state index in [-0.39, 0.29) is 0 Å². The molecule has 1 heterocycles. The Bertz CT molecular complexity index is 481. The molecule has 1 aliphatic heterocycles. The molecule has 90 valence electrons. The molecule has 0 N–H and O–H groups in total. The maximum absolute atomic E-state index is 12.3. The van der Waals surface area contributed by atoms with Gasteiger partial charge in [0, 0.05) is 18.3 Å². The molecule has 0 unspecified atom stereocenters. The molecule has 4 heteroatoms. The lowest BCUT2D eigenvalue weighted by molar-refractivity contribution is -0.555. The van der Waals surface area contributed by atoms with Gasteiger partial charge in [-0.2, -0.15) is 0 Å². The Morgan fingerprint density at radius 1 is 1.35 bits per heavy atom. The standard InChI is InChI=1S/C13H16N2O2/c1-4-13(3)14(16)10(2)12(15(13)17)11-8-6-5-7-9-11/h5-9H,4H2,1-3H3/t13-/m1/s1. The highest BCUT2D eigenvalue weighted by atomic mass is 16.5. The summed E-state index contributed by atoms with van der Waals surface area (Å²) >= 11 is 0. The van der Waals surface area contributed by atoms with E-state index >= 15 is 0 Å². The summed E-state index contributed by atoms with van der Waals surface area (Å²) in [5, 5.41) is 12.9. The largest absolute Gasteiger partial charge is 0.753 e. The van der Waals surface area contributed by atoms with Crippen LogP contribution in [0.4, 0.5) is 0 Å². The fourth-order valence-electron chi connectivity index (χ4n) is 2.14. The smallest absolute Gasteiger partial charge is 0.284 e. The molecule has 0 saturated heterocycles. The number of hydrogen-bond donors (Lipinski definition) is 0. The molecule has 1 atom stereocenters. The first kappa shape index (κ1) is 11.8. The number of benzene rings is 1. The number of hydrogen-bond acceptors (Lipinski definition) is 3. The van der Waals surface area contributed by atoms with Crippen LogP contribution in [0.3, 0.4) is 0 Å². The van der Waals surface area contributed by atoms with Gasteiger partial charge in [0.15, 0.2) is 0 Å². The van der Waals surface area contributed by atoms with Crippen molar-refractivity contribution in [3.05, 3.63) is 51.7 Å². The van der Waals surface area contributed by atoms with Gasteiger partial charge in [-0.3, -0.25) is 0 Å². The summed E-state index contributed by atoms with van der Waals surface area (Å²) in [4.78, 5) is 12.3. The van der Waals surface area contributed by atoms with Crippen molar-refractivity contribution in [1.29, 1.82) is 0 Å². The molecule has 2 rings (SSSR count). The highest BCUT2D eigenvalue weighted by Gasteiger charge is 2.51. The van der Waals surface area contributed by atoms with E-state index in [4.69, 9.17) is 0 Å². The summed E-state index contributed by atoms with van der Waals surface area (Å²) < 4.78 is 0.838. The first-order valence-corrected chi connectivity index (χ1v) is 5.73. The Morgan fingerprint density at radius 2 is 1.94 bits per heavy atom. The van der Waals surface area contributed by atoms with Crippen LogP contribution in [0.5, 0.6) is 0 Å². The zero-order valence-corrected chi connectivity index (χ0v) is 10.3. The van der Waals surface area contributed by atoms with Crippen molar-refractivity contribution in [2.75, 3.05) is 0 Å². The zero-order valence-electron chi connectivity index (χ0n) is 10.3. The molecule has 4 nitrogen and oxygen atoms in total. The Kier molecular flexibility index (Phi) is 2.75. The van der Waals surface area contributed by atoms with Crippen LogP contribution < -0.4 is 0 Å². The van der Waals surface area contributed by atoms with E-state index in [9.17, 15) is 10.1 Å². The molecule has 0 saturated carbocycles. The molecule has 1 aromatic carbocycles. The Labute approximate surface area is 101 Å². The van der Waals surface area contributed by atoms with Crippen LogP contribution >= 0.6 is 0 Å². The lowest BCUT2D eigenvalue weighted by atomic mass is 10.1. The molecule has 0 amide bonds. The second kappa shape index (κ2) is 3.96. The molecule has 0 radical (unpaired) electrons. The molecular formula is C13H16N2O2. The van der Waals surface area contributed by atoms with Crippen LogP contribution in [0.2, 0.25) is 0 Å². The van der Waals surface area contributed by atoms with Crippen LogP contribution in [0.25, 0.3) is 5.70 Å². The molecule has 0 spiro atoms. The minimum absolute atomic E-state index is 0.477. The van der Waals surface area contributed by atoms with E-state index in [1.165, 1.54) is 0 Å². The number of rotatable bonds is 2. The minimum Gasteiger partial charge on any atom is -0.753 e. The van der Waals surface area contributed by atoms with E-state index in [1.54, 1.807) is 13.8 Å². The van der Waals surface area contributed by atoms with Crippen molar-refractivity contribution in [2.24, 2.45) is 0 Å². The first-order chi connectivity index (χ1) is 8.02. The lowest BCUT2D eigenvalue weighted by Crippen LogP contribution is -2.43. The van der Waals surface area contributed by atoms with E-state index < -0.39 is 5.66 Å². The van der Waals surface area contributed by atoms with Crippen molar-refractivity contribution in [2.45, 2.75) is 32.9 Å². The molecular weight excluding hydrogens is 216 g/mol. The Morgan fingerprint density at radius 3 is 2.41 bits per heavy atom. The minimum atomic E-state index is -1.02. The third kappa shape index (κ3) is 1.56. The molecule has 0 fully saturated rings. The number of allylic oxidation sites excluding steroid dienone is 1. The summed E-state index contributed by atoms with van der Waals surface area (Å²) in [5.41, 5.74) is 0.730. The van der Waals surface area contributed by atoms with Crippen molar-refractivity contribution in [3.63, 3.8) is 0 Å². The quantitative estimate of drug-likeness (QED) is 0.736. The Hall–Kier alpha value is -1.68. The predicted octanol–water partition coefficient (Wildman–Crippen LogP) is 3.09. The Balaban J connectivity index is 2.53. The van der Waals surface area contributed by atoms with Gasteiger partial charge < -0.3 is 10.3 Å². The maximum Gasteiger partial charge on any atom is 0.284 e. The van der Waals surface area contributed by atoms with Crippen molar-refractivity contribution in [3.8, 4) is 0 Å². The van der Waals surface area contributed by atoms with E-state index in [2.05, 4.69) is 0 Å². The average Bonchev–Trinajstić information content (AvgIpc) is 2.53. The van der Waals surface area contributed by atoms with Gasteiger partial charge in [-0.25, -0.2) is 0 Å². The van der Waals surface area contributed by atoms with Gasteiger partial charge in [0.05, 0.1) is 16.0 Å². The molecule has 0 aliphatic carbocycles. The average molecular weight is 232 g/mol. The second-order valence-electron chi connectivity index (χ2n) is 4.46. The summed E-state index contributed by atoms with van der Waals surface area (Å²) in [7, 11) is 0. The van der Waals surface area contributed by atoms with Gasteiger partial charge in [-0.1, -0.05) is 25.1 Å². The number of hydroxylamine groups is 2. The van der Waals surface area contributed by atoms with Gasteiger partial charge in [0.1, 0.15) is 0 Å². The van der Waals surface area contributed by atoms with Gasteiger partial charge in [-0.05, 0) is 19.1 Å². The third-order valence-corrected chi connectivity index (χ3v) is 3.44. The van der Waals surface area contributed by atoms with Gasteiger partial charge >= 0.3 is 0 Å². The van der Waals surface area contributed by atoms with Gasteiger partial charge in [0.2, 0.25) is 0 Å². The highest BCUT2D eigenvalue weighted by molar-refractivity contribution is 5.63. The number of nitrogens with zero attached hydrogens (tertiary/aromatic N) is 2. The fraction of sp³-hybridized carbons (Fsp3) is 0.385. The van der Waals surface area contributed by atoms with Crippen LogP contribution in [-0.2, 0) is 0 Å². The van der Waals surface area contributed by atoms with E-state index in [1.807, 2.05) is 37.3 Å². The highest BCUT2D eigenvalue weighted by Crippen LogP contribution is 2.39. The first-order valence-electron chi connectivity index (χ1n) is 5.73. The third-order valence-electron chi connectivity index (χ3n) is 3.44.